The van der Waals surface area contributed by atoms with Gasteiger partial charge in [0, 0.05) is 19.7 Å². The van der Waals surface area contributed by atoms with E-state index in [0.29, 0.717) is 17.3 Å². The topological polar surface area (TPSA) is 73.2 Å². The number of benzene rings is 1. The summed E-state index contributed by atoms with van der Waals surface area (Å²) >= 11 is 0. The highest BCUT2D eigenvalue weighted by molar-refractivity contribution is 5.79. The zero-order valence-corrected chi connectivity index (χ0v) is 9.93. The largest absolute Gasteiger partial charge is 0.432 e. The van der Waals surface area contributed by atoms with Crippen molar-refractivity contribution in [2.45, 2.75) is 0 Å². The van der Waals surface area contributed by atoms with Gasteiger partial charge in [-0.3, -0.25) is 4.57 Å². The Kier molecular flexibility index (Phi) is 2.22. The van der Waals surface area contributed by atoms with Gasteiger partial charge in [-0.15, -0.1) is 0 Å². The summed E-state index contributed by atoms with van der Waals surface area (Å²) in [6.07, 6.45) is 1.56. The van der Waals surface area contributed by atoms with Gasteiger partial charge in [0.05, 0.1) is 5.52 Å². The lowest BCUT2D eigenvalue weighted by Gasteiger charge is -1.96. The average molecular weight is 245 g/mol. The molecule has 3 rings (SSSR count). The first-order valence-electron chi connectivity index (χ1n) is 5.42. The fraction of sp³-hybridized carbons (Fsp3) is 0.167. The molecule has 0 aliphatic rings. The van der Waals surface area contributed by atoms with E-state index in [1.54, 1.807) is 26.4 Å². The normalized spacial score (nSPS) is 11.0. The number of hydrogen-bond donors (Lipinski definition) is 1. The summed E-state index contributed by atoms with van der Waals surface area (Å²) in [5.74, 6) is -0.377. The minimum absolute atomic E-state index is 0.377. The summed E-state index contributed by atoms with van der Waals surface area (Å²) in [4.78, 5) is 15.6. The zero-order chi connectivity index (χ0) is 12.7. The molecular weight excluding hydrogens is 234 g/mol. The van der Waals surface area contributed by atoms with E-state index in [0.717, 1.165) is 11.1 Å². The molecule has 0 saturated heterocycles. The van der Waals surface area contributed by atoms with Gasteiger partial charge in [-0.05, 0) is 18.2 Å². The van der Waals surface area contributed by atoms with Gasteiger partial charge in [0.2, 0.25) is 0 Å². The quantitative estimate of drug-likeness (QED) is 0.745. The Morgan fingerprint density at radius 1 is 1.39 bits per heavy atom. The van der Waals surface area contributed by atoms with Crippen LogP contribution in [0.4, 0.5) is 6.01 Å². The second kappa shape index (κ2) is 3.76. The lowest BCUT2D eigenvalue weighted by molar-refractivity contribution is 0.528. The molecule has 0 radical (unpaired) electrons. The van der Waals surface area contributed by atoms with Crippen LogP contribution < -0.4 is 11.1 Å². The van der Waals surface area contributed by atoms with Crippen LogP contribution in [0.15, 0.2) is 38.1 Å². The van der Waals surface area contributed by atoms with Crippen molar-refractivity contribution in [1.29, 1.82) is 0 Å². The molecule has 92 valence electrons. The Labute approximate surface area is 102 Å². The molecule has 0 bridgehead atoms. The number of aryl methyl sites for hydroxylation is 1. The van der Waals surface area contributed by atoms with Crippen molar-refractivity contribution in [3.8, 4) is 11.3 Å². The van der Waals surface area contributed by atoms with E-state index in [-0.39, 0.29) is 5.76 Å². The Bertz CT molecular complexity index is 766. The molecule has 0 atom stereocenters. The molecule has 2 aromatic heterocycles. The molecule has 6 nitrogen and oxygen atoms in total. The fourth-order valence-corrected chi connectivity index (χ4v) is 1.81. The van der Waals surface area contributed by atoms with Crippen LogP contribution in [-0.4, -0.2) is 16.6 Å². The molecule has 0 aliphatic carbocycles. The van der Waals surface area contributed by atoms with Crippen LogP contribution in [0.1, 0.15) is 0 Å². The zero-order valence-electron chi connectivity index (χ0n) is 9.93. The maximum atomic E-state index is 11.4. The third kappa shape index (κ3) is 1.50. The van der Waals surface area contributed by atoms with Gasteiger partial charge in [-0.25, -0.2) is 4.79 Å². The van der Waals surface area contributed by atoms with Gasteiger partial charge in [-0.1, -0.05) is 0 Å². The van der Waals surface area contributed by atoms with Gasteiger partial charge < -0.3 is 14.2 Å². The lowest BCUT2D eigenvalue weighted by atomic mass is 10.1. The number of rotatable bonds is 2. The highest BCUT2D eigenvalue weighted by Gasteiger charge is 2.10. The van der Waals surface area contributed by atoms with Crippen molar-refractivity contribution in [2.75, 3.05) is 12.4 Å². The SMILES string of the molecule is CNc1nc(-c2ccc3oc(=O)n(C)c3c2)co1. The predicted molar refractivity (Wildman–Crippen MR) is 66.5 cm³/mol. The van der Waals surface area contributed by atoms with Crippen LogP contribution in [-0.2, 0) is 7.05 Å². The van der Waals surface area contributed by atoms with Gasteiger partial charge >= 0.3 is 5.76 Å². The Morgan fingerprint density at radius 3 is 2.94 bits per heavy atom. The molecule has 0 spiro atoms. The van der Waals surface area contributed by atoms with Crippen LogP contribution in [0, 0.1) is 0 Å². The maximum absolute atomic E-state index is 11.4. The summed E-state index contributed by atoms with van der Waals surface area (Å²) in [5.41, 5.74) is 2.86. The monoisotopic (exact) mass is 245 g/mol. The minimum Gasteiger partial charge on any atom is -0.432 e. The van der Waals surface area contributed by atoms with Crippen LogP contribution in [0.2, 0.25) is 0 Å². The van der Waals surface area contributed by atoms with Crippen molar-refractivity contribution in [1.82, 2.24) is 9.55 Å². The predicted octanol–water partition coefficient (Wildman–Crippen LogP) is 1.83. The summed E-state index contributed by atoms with van der Waals surface area (Å²) in [6.45, 7) is 0. The molecule has 18 heavy (non-hydrogen) atoms. The van der Waals surface area contributed by atoms with E-state index in [9.17, 15) is 4.79 Å². The van der Waals surface area contributed by atoms with Crippen molar-refractivity contribution in [3.05, 3.63) is 35.0 Å². The molecule has 0 saturated carbocycles. The molecule has 2 heterocycles. The van der Waals surface area contributed by atoms with Gasteiger partial charge in [0.25, 0.3) is 6.01 Å². The number of nitrogens with one attached hydrogen (secondary N) is 1. The number of fused-ring (bicyclic) bond motifs is 1. The molecule has 1 aromatic carbocycles. The van der Waals surface area contributed by atoms with Gasteiger partial charge in [0.15, 0.2) is 5.58 Å². The smallest absolute Gasteiger partial charge is 0.419 e. The standard InChI is InChI=1S/C12H11N3O3/c1-13-11-14-8(6-17-11)7-3-4-10-9(5-7)15(2)12(16)18-10/h3-6H,1-2H3,(H,13,14). The highest BCUT2D eigenvalue weighted by Crippen LogP contribution is 2.24. The first-order valence-corrected chi connectivity index (χ1v) is 5.42. The van der Waals surface area contributed by atoms with Crippen molar-refractivity contribution in [3.63, 3.8) is 0 Å². The summed E-state index contributed by atoms with van der Waals surface area (Å²) in [5, 5.41) is 2.82. The van der Waals surface area contributed by atoms with Crippen molar-refractivity contribution < 1.29 is 8.83 Å². The molecule has 3 aromatic rings. The lowest BCUT2D eigenvalue weighted by Crippen LogP contribution is -2.08. The third-order valence-corrected chi connectivity index (χ3v) is 2.81. The summed E-state index contributed by atoms with van der Waals surface area (Å²) in [7, 11) is 3.40. The Morgan fingerprint density at radius 2 is 2.22 bits per heavy atom. The van der Waals surface area contributed by atoms with Crippen molar-refractivity contribution in [2.24, 2.45) is 7.05 Å². The molecule has 0 unspecified atom stereocenters. The molecule has 0 aliphatic heterocycles. The minimum atomic E-state index is -0.377. The number of anilines is 1. The van der Waals surface area contributed by atoms with Crippen molar-refractivity contribution >= 4 is 17.1 Å². The molecule has 6 heteroatoms. The molecule has 0 fully saturated rings. The summed E-state index contributed by atoms with van der Waals surface area (Å²) in [6, 6.07) is 5.88. The Balaban J connectivity index is 2.18. The number of oxazole rings is 2. The van der Waals surface area contributed by atoms with Crippen LogP contribution in [0.5, 0.6) is 0 Å². The van der Waals surface area contributed by atoms with E-state index in [1.807, 2.05) is 12.1 Å². The van der Waals surface area contributed by atoms with E-state index >= 15 is 0 Å². The highest BCUT2D eigenvalue weighted by atomic mass is 16.4. The van der Waals surface area contributed by atoms with E-state index < -0.39 is 0 Å². The maximum Gasteiger partial charge on any atom is 0.419 e. The fourth-order valence-electron chi connectivity index (χ4n) is 1.81. The second-order valence-corrected chi connectivity index (χ2v) is 3.90. The number of aromatic nitrogens is 2. The van der Waals surface area contributed by atoms with Gasteiger partial charge in [0.1, 0.15) is 12.0 Å². The van der Waals surface area contributed by atoms with E-state index in [4.69, 9.17) is 8.83 Å². The summed E-state index contributed by atoms with van der Waals surface area (Å²) < 4.78 is 11.7. The molecule has 0 amide bonds. The second-order valence-electron chi connectivity index (χ2n) is 3.90. The molecular formula is C12H11N3O3. The van der Waals surface area contributed by atoms with Crippen LogP contribution >= 0.6 is 0 Å². The van der Waals surface area contributed by atoms with Crippen LogP contribution in [0.25, 0.3) is 22.4 Å². The third-order valence-electron chi connectivity index (χ3n) is 2.81. The first kappa shape index (κ1) is 10.6. The van der Waals surface area contributed by atoms with Gasteiger partial charge in [-0.2, -0.15) is 4.98 Å². The Hall–Kier alpha value is -2.50. The van der Waals surface area contributed by atoms with Crippen LogP contribution in [0.3, 0.4) is 0 Å². The van der Waals surface area contributed by atoms with E-state index in [2.05, 4.69) is 10.3 Å². The molecule has 1 N–H and O–H groups in total. The number of hydrogen-bond acceptors (Lipinski definition) is 5. The van der Waals surface area contributed by atoms with E-state index in [1.165, 1.54) is 4.57 Å². The first-order chi connectivity index (χ1) is 8.69. The average Bonchev–Trinajstić information content (AvgIpc) is 2.96. The number of nitrogens with zero attached hydrogens (tertiary/aromatic N) is 2.